The van der Waals surface area contributed by atoms with Gasteiger partial charge < -0.3 is 10.2 Å². The summed E-state index contributed by atoms with van der Waals surface area (Å²) in [5.74, 6) is 1.87. The number of hydrogen-bond acceptors (Lipinski definition) is 3. The van der Waals surface area contributed by atoms with Crippen LogP contribution in [0.1, 0.15) is 40.0 Å². The molecule has 3 heteroatoms. The highest BCUT2D eigenvalue weighted by atomic mass is 15.3. The van der Waals surface area contributed by atoms with Gasteiger partial charge in [0.15, 0.2) is 0 Å². The van der Waals surface area contributed by atoms with E-state index in [1.165, 1.54) is 58.5 Å². The van der Waals surface area contributed by atoms with Crippen LogP contribution in [0.15, 0.2) is 0 Å². The van der Waals surface area contributed by atoms with Crippen molar-refractivity contribution in [2.45, 2.75) is 51.6 Å². The van der Waals surface area contributed by atoms with Gasteiger partial charge in [-0.05, 0) is 78.0 Å². The van der Waals surface area contributed by atoms with Crippen molar-refractivity contribution >= 4 is 0 Å². The van der Waals surface area contributed by atoms with Crippen LogP contribution in [0.4, 0.5) is 0 Å². The minimum Gasteiger partial charge on any atom is -0.312 e. The Balaban J connectivity index is 1.49. The molecule has 4 aliphatic rings. The van der Waals surface area contributed by atoms with Crippen LogP contribution in [0, 0.1) is 11.8 Å². The summed E-state index contributed by atoms with van der Waals surface area (Å²) in [4.78, 5) is 5.50. The minimum atomic E-state index is 0.267. The Morgan fingerprint density at radius 2 is 1.74 bits per heavy atom. The van der Waals surface area contributed by atoms with E-state index in [9.17, 15) is 0 Å². The Labute approximate surface area is 118 Å². The van der Waals surface area contributed by atoms with Crippen molar-refractivity contribution in [2.75, 3.05) is 39.3 Å². The highest BCUT2D eigenvalue weighted by Crippen LogP contribution is 2.33. The van der Waals surface area contributed by atoms with Gasteiger partial charge in [0.1, 0.15) is 0 Å². The van der Waals surface area contributed by atoms with Crippen molar-refractivity contribution in [3.63, 3.8) is 0 Å². The first-order valence-electron chi connectivity index (χ1n) is 8.23. The summed E-state index contributed by atoms with van der Waals surface area (Å²) in [5, 5.41) is 3.68. The molecule has 4 aliphatic heterocycles. The topological polar surface area (TPSA) is 18.5 Å². The molecular weight excluding hydrogens is 234 g/mol. The summed E-state index contributed by atoms with van der Waals surface area (Å²) in [6.45, 7) is 14.8. The fourth-order valence-electron chi connectivity index (χ4n) is 4.13. The fourth-order valence-corrected chi connectivity index (χ4v) is 4.13. The molecule has 110 valence electrons. The van der Waals surface area contributed by atoms with Crippen molar-refractivity contribution in [1.29, 1.82) is 0 Å². The zero-order valence-corrected chi connectivity index (χ0v) is 13.0. The first-order chi connectivity index (χ1) is 9.01. The lowest BCUT2D eigenvalue weighted by atomic mass is 9.83. The maximum Gasteiger partial charge on any atom is 0.0252 e. The molecule has 0 aliphatic carbocycles. The van der Waals surface area contributed by atoms with Gasteiger partial charge in [0.05, 0.1) is 0 Å². The van der Waals surface area contributed by atoms with Crippen LogP contribution in [0.25, 0.3) is 0 Å². The van der Waals surface area contributed by atoms with E-state index in [1.54, 1.807) is 0 Å². The number of fused-ring (bicyclic) bond motifs is 3. The first kappa shape index (κ1) is 13.8. The maximum absolute atomic E-state index is 3.68. The van der Waals surface area contributed by atoms with Gasteiger partial charge in [-0.1, -0.05) is 0 Å². The first-order valence-corrected chi connectivity index (χ1v) is 8.23. The molecule has 0 amide bonds. The largest absolute Gasteiger partial charge is 0.312 e. The molecule has 3 nitrogen and oxygen atoms in total. The Morgan fingerprint density at radius 3 is 2.32 bits per heavy atom. The van der Waals surface area contributed by atoms with E-state index in [0.29, 0.717) is 0 Å². The van der Waals surface area contributed by atoms with Gasteiger partial charge >= 0.3 is 0 Å². The second-order valence-electron chi connectivity index (χ2n) is 7.99. The monoisotopic (exact) mass is 265 g/mol. The molecule has 4 heterocycles. The van der Waals surface area contributed by atoms with Gasteiger partial charge in [0, 0.05) is 24.7 Å². The molecule has 0 aromatic rings. The van der Waals surface area contributed by atoms with Crippen molar-refractivity contribution in [3.8, 4) is 0 Å². The Morgan fingerprint density at radius 1 is 1.00 bits per heavy atom. The molecule has 0 spiro atoms. The molecule has 0 radical (unpaired) electrons. The second kappa shape index (κ2) is 5.34. The smallest absolute Gasteiger partial charge is 0.0252 e. The second-order valence-corrected chi connectivity index (χ2v) is 7.99. The number of rotatable bonds is 3. The predicted molar refractivity (Wildman–Crippen MR) is 80.4 cm³/mol. The van der Waals surface area contributed by atoms with E-state index in [1.807, 2.05) is 0 Å². The van der Waals surface area contributed by atoms with Crippen molar-refractivity contribution in [2.24, 2.45) is 11.8 Å². The summed E-state index contributed by atoms with van der Waals surface area (Å²) in [6.07, 6.45) is 4.30. The lowest BCUT2D eigenvalue weighted by Gasteiger charge is -2.48. The van der Waals surface area contributed by atoms with Gasteiger partial charge in [-0.25, -0.2) is 0 Å². The van der Waals surface area contributed by atoms with E-state index >= 15 is 0 Å². The summed E-state index contributed by atoms with van der Waals surface area (Å²) < 4.78 is 0. The van der Waals surface area contributed by atoms with E-state index in [0.717, 1.165) is 17.9 Å². The maximum atomic E-state index is 3.68. The zero-order valence-electron chi connectivity index (χ0n) is 13.0. The molecule has 2 bridgehead atoms. The average molecular weight is 265 g/mol. The summed E-state index contributed by atoms with van der Waals surface area (Å²) >= 11 is 0. The Hall–Kier alpha value is -0.120. The standard InChI is InChI=1S/C16H31N3/c1-16(2,3)17-10-13-4-9-19(11-13)15-12-18-7-5-14(15)6-8-18/h13-15,17H,4-12H2,1-3H3. The molecular formula is C16H31N3. The molecule has 19 heavy (non-hydrogen) atoms. The summed E-state index contributed by atoms with van der Waals surface area (Å²) in [7, 11) is 0. The molecule has 0 saturated carbocycles. The number of likely N-dealkylation sites (tertiary alicyclic amines) is 1. The molecule has 2 atom stereocenters. The number of nitrogens with zero attached hydrogens (tertiary/aromatic N) is 2. The SMILES string of the molecule is CC(C)(C)NCC1CCN(C2CN3CCC2CC3)C1. The molecule has 2 unspecified atom stereocenters. The van der Waals surface area contributed by atoms with Crippen LogP contribution >= 0.6 is 0 Å². The van der Waals surface area contributed by atoms with Crippen LogP contribution in [-0.4, -0.2) is 60.6 Å². The van der Waals surface area contributed by atoms with Gasteiger partial charge in [-0.2, -0.15) is 0 Å². The molecule has 4 saturated heterocycles. The zero-order chi connectivity index (χ0) is 13.5. The lowest BCUT2D eigenvalue weighted by Crippen LogP contribution is -2.56. The quantitative estimate of drug-likeness (QED) is 0.839. The number of hydrogen-bond donors (Lipinski definition) is 1. The van der Waals surface area contributed by atoms with Crippen molar-refractivity contribution in [1.82, 2.24) is 15.1 Å². The highest BCUT2D eigenvalue weighted by molar-refractivity contribution is 4.95. The van der Waals surface area contributed by atoms with Crippen molar-refractivity contribution in [3.05, 3.63) is 0 Å². The third-order valence-electron chi connectivity index (χ3n) is 5.33. The van der Waals surface area contributed by atoms with Gasteiger partial charge in [0.25, 0.3) is 0 Å². The normalized spacial score (nSPS) is 39.9. The Kier molecular flexibility index (Phi) is 3.89. The van der Waals surface area contributed by atoms with Gasteiger partial charge in [-0.3, -0.25) is 4.90 Å². The molecule has 0 aromatic heterocycles. The lowest BCUT2D eigenvalue weighted by molar-refractivity contribution is 0.0141. The summed E-state index contributed by atoms with van der Waals surface area (Å²) in [6, 6.07) is 0.877. The van der Waals surface area contributed by atoms with Crippen LogP contribution < -0.4 is 5.32 Å². The van der Waals surface area contributed by atoms with Crippen LogP contribution in [0.2, 0.25) is 0 Å². The summed E-state index contributed by atoms with van der Waals surface area (Å²) in [5.41, 5.74) is 0.267. The highest BCUT2D eigenvalue weighted by Gasteiger charge is 2.39. The van der Waals surface area contributed by atoms with Gasteiger partial charge in [-0.15, -0.1) is 0 Å². The van der Waals surface area contributed by atoms with E-state index in [2.05, 4.69) is 35.9 Å². The van der Waals surface area contributed by atoms with Crippen LogP contribution in [-0.2, 0) is 0 Å². The third-order valence-corrected chi connectivity index (χ3v) is 5.33. The predicted octanol–water partition coefficient (Wildman–Crippen LogP) is 1.79. The van der Waals surface area contributed by atoms with Crippen LogP contribution in [0.3, 0.4) is 0 Å². The molecule has 1 N–H and O–H groups in total. The van der Waals surface area contributed by atoms with E-state index in [-0.39, 0.29) is 5.54 Å². The van der Waals surface area contributed by atoms with E-state index in [4.69, 9.17) is 0 Å². The fraction of sp³-hybridized carbons (Fsp3) is 1.00. The van der Waals surface area contributed by atoms with Crippen molar-refractivity contribution < 1.29 is 0 Å². The molecule has 4 rings (SSSR count). The third kappa shape index (κ3) is 3.32. The molecule has 4 fully saturated rings. The number of piperidine rings is 3. The molecule has 0 aromatic carbocycles. The van der Waals surface area contributed by atoms with Crippen LogP contribution in [0.5, 0.6) is 0 Å². The minimum absolute atomic E-state index is 0.267. The average Bonchev–Trinajstić information content (AvgIpc) is 2.86. The number of nitrogens with one attached hydrogen (secondary N) is 1. The van der Waals surface area contributed by atoms with Gasteiger partial charge in [0.2, 0.25) is 0 Å². The Bertz CT molecular complexity index is 302. The van der Waals surface area contributed by atoms with E-state index < -0.39 is 0 Å².